The average Bonchev–Trinajstić information content (AvgIpc) is 3.05. The second-order valence-electron chi connectivity index (χ2n) is 7.91. The third-order valence-corrected chi connectivity index (χ3v) is 8.30. The number of halogens is 2. The normalized spacial score (nSPS) is 21.1. The number of rotatable bonds is 3. The molecule has 9 heteroatoms. The van der Waals surface area contributed by atoms with Gasteiger partial charge >= 0.3 is 0 Å². The standard InChI is InChI=1S/C20H24Cl2N4O2S/c1-12-10-28-11-20(12)6-8-26(9-7-20)19-24-17(23)16(18(27)25(19)2)29-14-5-3-4-13(21)15(14)22/h3-5,12H,6-11,23H2,1-2H3/t12-/m1/s1. The SMILES string of the molecule is C[C@@H]1COCC12CCN(c1nc(N)c(Sc3cccc(Cl)c3Cl)c(=O)n1C)CC2. The number of piperidine rings is 1. The molecule has 2 fully saturated rings. The highest BCUT2D eigenvalue weighted by Gasteiger charge is 2.44. The van der Waals surface area contributed by atoms with Gasteiger partial charge in [-0.1, -0.05) is 48.0 Å². The van der Waals surface area contributed by atoms with E-state index in [0.717, 1.165) is 39.1 Å². The molecule has 29 heavy (non-hydrogen) atoms. The van der Waals surface area contributed by atoms with E-state index >= 15 is 0 Å². The van der Waals surface area contributed by atoms with Crippen LogP contribution in [0, 0.1) is 11.3 Å². The number of aromatic nitrogens is 2. The van der Waals surface area contributed by atoms with Crippen molar-refractivity contribution in [2.24, 2.45) is 18.4 Å². The highest BCUT2D eigenvalue weighted by Crippen LogP contribution is 2.44. The van der Waals surface area contributed by atoms with Crippen LogP contribution >= 0.6 is 35.0 Å². The number of nitrogens with two attached hydrogens (primary N) is 1. The lowest BCUT2D eigenvalue weighted by atomic mass is 9.72. The van der Waals surface area contributed by atoms with E-state index in [1.54, 1.807) is 29.8 Å². The molecule has 1 aromatic heterocycles. The molecule has 2 aromatic rings. The Labute approximate surface area is 184 Å². The predicted molar refractivity (Wildman–Crippen MR) is 118 cm³/mol. The Morgan fingerprint density at radius 2 is 2.03 bits per heavy atom. The Kier molecular flexibility index (Phi) is 5.77. The molecule has 4 rings (SSSR count). The molecule has 0 aliphatic carbocycles. The van der Waals surface area contributed by atoms with Crippen molar-refractivity contribution in [1.82, 2.24) is 9.55 Å². The van der Waals surface area contributed by atoms with Gasteiger partial charge < -0.3 is 15.4 Å². The summed E-state index contributed by atoms with van der Waals surface area (Å²) in [6, 6.07) is 5.30. The van der Waals surface area contributed by atoms with Gasteiger partial charge in [-0.3, -0.25) is 9.36 Å². The number of hydrogen-bond donors (Lipinski definition) is 1. The van der Waals surface area contributed by atoms with Crippen LogP contribution < -0.4 is 16.2 Å². The second kappa shape index (κ2) is 8.02. The molecule has 0 saturated carbocycles. The fourth-order valence-corrected chi connectivity index (χ4v) is 5.60. The van der Waals surface area contributed by atoms with E-state index < -0.39 is 0 Å². The molecular formula is C20H24Cl2N4O2S. The summed E-state index contributed by atoms with van der Waals surface area (Å²) in [4.78, 5) is 20.8. The smallest absolute Gasteiger partial charge is 0.270 e. The molecule has 2 N–H and O–H groups in total. The summed E-state index contributed by atoms with van der Waals surface area (Å²) in [6.45, 7) is 5.59. The van der Waals surface area contributed by atoms with Crippen LogP contribution in [0.2, 0.25) is 10.0 Å². The molecule has 0 radical (unpaired) electrons. The van der Waals surface area contributed by atoms with Crippen LogP contribution in [0.3, 0.4) is 0 Å². The fraction of sp³-hybridized carbons (Fsp3) is 0.500. The van der Waals surface area contributed by atoms with Crippen molar-refractivity contribution >= 4 is 46.7 Å². The van der Waals surface area contributed by atoms with Crippen LogP contribution in [-0.4, -0.2) is 35.9 Å². The minimum absolute atomic E-state index is 0.189. The molecule has 2 aliphatic rings. The Hall–Kier alpha value is -1.41. The summed E-state index contributed by atoms with van der Waals surface area (Å²) in [5.74, 6) is 1.38. The van der Waals surface area contributed by atoms with Gasteiger partial charge in [0.05, 0.1) is 16.7 Å². The third-order valence-electron chi connectivity index (χ3n) is 6.22. The number of nitrogens with zero attached hydrogens (tertiary/aromatic N) is 3. The van der Waals surface area contributed by atoms with Gasteiger partial charge in [-0.25, -0.2) is 0 Å². The lowest BCUT2D eigenvalue weighted by Crippen LogP contribution is -2.45. The average molecular weight is 455 g/mol. The van der Waals surface area contributed by atoms with E-state index in [0.29, 0.717) is 31.7 Å². The first kappa shape index (κ1) is 20.8. The predicted octanol–water partition coefficient (Wildman–Crippen LogP) is 4.07. The monoisotopic (exact) mass is 454 g/mol. The molecule has 0 amide bonds. The molecule has 6 nitrogen and oxygen atoms in total. The first-order valence-electron chi connectivity index (χ1n) is 9.63. The molecule has 1 atom stereocenters. The Bertz CT molecular complexity index is 989. The van der Waals surface area contributed by atoms with Crippen molar-refractivity contribution in [2.45, 2.75) is 29.6 Å². The van der Waals surface area contributed by atoms with E-state index in [1.807, 2.05) is 0 Å². The zero-order valence-electron chi connectivity index (χ0n) is 16.5. The first-order valence-corrected chi connectivity index (χ1v) is 11.2. The molecule has 0 bridgehead atoms. The Morgan fingerprint density at radius 1 is 1.31 bits per heavy atom. The van der Waals surface area contributed by atoms with E-state index in [1.165, 1.54) is 11.8 Å². The van der Waals surface area contributed by atoms with Gasteiger partial charge in [-0.2, -0.15) is 4.98 Å². The van der Waals surface area contributed by atoms with Gasteiger partial charge in [0.1, 0.15) is 10.7 Å². The van der Waals surface area contributed by atoms with Crippen molar-refractivity contribution in [3.63, 3.8) is 0 Å². The number of ether oxygens (including phenoxy) is 1. The Morgan fingerprint density at radius 3 is 2.69 bits per heavy atom. The summed E-state index contributed by atoms with van der Waals surface area (Å²) in [5, 5.41) is 0.836. The molecule has 2 aliphatic heterocycles. The highest BCUT2D eigenvalue weighted by molar-refractivity contribution is 7.99. The van der Waals surface area contributed by atoms with Gasteiger partial charge in [0.25, 0.3) is 5.56 Å². The van der Waals surface area contributed by atoms with Crippen LogP contribution in [0.5, 0.6) is 0 Å². The zero-order chi connectivity index (χ0) is 20.8. The maximum Gasteiger partial charge on any atom is 0.270 e. The van der Waals surface area contributed by atoms with Gasteiger partial charge in [0.2, 0.25) is 5.95 Å². The van der Waals surface area contributed by atoms with Gasteiger partial charge in [0, 0.05) is 37.1 Å². The lowest BCUT2D eigenvalue weighted by molar-refractivity contribution is 0.127. The number of benzene rings is 1. The summed E-state index contributed by atoms with van der Waals surface area (Å²) < 4.78 is 7.28. The number of anilines is 2. The van der Waals surface area contributed by atoms with Crippen molar-refractivity contribution < 1.29 is 4.74 Å². The van der Waals surface area contributed by atoms with Gasteiger partial charge in [-0.05, 0) is 30.9 Å². The second-order valence-corrected chi connectivity index (χ2v) is 9.75. The topological polar surface area (TPSA) is 73.4 Å². The Balaban J connectivity index is 1.59. The van der Waals surface area contributed by atoms with Gasteiger partial charge in [0.15, 0.2) is 0 Å². The maximum atomic E-state index is 13.1. The van der Waals surface area contributed by atoms with Crippen LogP contribution in [0.1, 0.15) is 19.8 Å². The summed E-state index contributed by atoms with van der Waals surface area (Å²) >= 11 is 13.6. The van der Waals surface area contributed by atoms with Crippen LogP contribution in [0.4, 0.5) is 11.8 Å². The maximum absolute atomic E-state index is 13.1. The number of hydrogen-bond acceptors (Lipinski definition) is 6. The quantitative estimate of drug-likeness (QED) is 0.752. The van der Waals surface area contributed by atoms with E-state index in [4.69, 9.17) is 33.7 Å². The van der Waals surface area contributed by atoms with Crippen molar-refractivity contribution in [3.05, 3.63) is 38.6 Å². The minimum Gasteiger partial charge on any atom is -0.382 e. The molecule has 2 saturated heterocycles. The summed E-state index contributed by atoms with van der Waals surface area (Å²) in [6.07, 6.45) is 2.05. The van der Waals surface area contributed by atoms with E-state index in [2.05, 4.69) is 16.8 Å². The highest BCUT2D eigenvalue weighted by atomic mass is 35.5. The first-order chi connectivity index (χ1) is 13.8. The van der Waals surface area contributed by atoms with Crippen molar-refractivity contribution in [3.8, 4) is 0 Å². The molecular weight excluding hydrogens is 431 g/mol. The number of nitrogen functional groups attached to an aromatic ring is 1. The zero-order valence-corrected chi connectivity index (χ0v) is 18.8. The molecule has 1 spiro atoms. The van der Waals surface area contributed by atoms with Gasteiger partial charge in [-0.15, -0.1) is 0 Å². The lowest BCUT2D eigenvalue weighted by Gasteiger charge is -2.41. The third kappa shape index (κ3) is 3.74. The largest absolute Gasteiger partial charge is 0.382 e. The van der Waals surface area contributed by atoms with Crippen molar-refractivity contribution in [1.29, 1.82) is 0 Å². The summed E-state index contributed by atoms with van der Waals surface area (Å²) in [5.41, 5.74) is 6.26. The molecule has 156 valence electrons. The minimum atomic E-state index is -0.189. The van der Waals surface area contributed by atoms with Crippen LogP contribution in [0.25, 0.3) is 0 Å². The summed E-state index contributed by atoms with van der Waals surface area (Å²) in [7, 11) is 1.74. The van der Waals surface area contributed by atoms with Crippen LogP contribution in [0.15, 0.2) is 32.8 Å². The fourth-order valence-electron chi connectivity index (χ4n) is 4.18. The van der Waals surface area contributed by atoms with E-state index in [-0.39, 0.29) is 16.8 Å². The molecule has 0 unspecified atom stereocenters. The molecule has 3 heterocycles. The van der Waals surface area contributed by atoms with Crippen molar-refractivity contribution in [2.75, 3.05) is 36.9 Å². The molecule has 1 aromatic carbocycles. The van der Waals surface area contributed by atoms with E-state index in [9.17, 15) is 4.79 Å². The van der Waals surface area contributed by atoms with Crippen LogP contribution in [-0.2, 0) is 11.8 Å².